The molecular weight excluding hydrogens is 809 g/mol. The molecule has 3 aliphatic rings. The van der Waals surface area contributed by atoms with Gasteiger partial charge in [-0.1, -0.05) is 64.1 Å². The fourth-order valence-corrected chi connectivity index (χ4v) is 9.40. The topological polar surface area (TPSA) is 206 Å². The lowest BCUT2D eigenvalue weighted by Gasteiger charge is -2.30. The molecule has 3 fully saturated rings. The molecule has 4 atom stereocenters. The molecule has 0 radical (unpaired) electrons. The minimum Gasteiger partial charge on any atom is -0.456 e. The second-order valence-electron chi connectivity index (χ2n) is 17.2. The van der Waals surface area contributed by atoms with Crippen molar-refractivity contribution in [1.82, 2.24) is 40.4 Å². The molecule has 63 heavy (non-hydrogen) atoms. The van der Waals surface area contributed by atoms with Crippen molar-refractivity contribution in [3.05, 3.63) is 72.6 Å². The van der Waals surface area contributed by atoms with E-state index in [1.54, 1.807) is 16.0 Å². The average molecular weight is 861 g/mol. The summed E-state index contributed by atoms with van der Waals surface area (Å²) in [6.45, 7) is 9.15. The van der Waals surface area contributed by atoms with Gasteiger partial charge in [0.1, 0.15) is 34.9 Å². The number of carbonyl (C=O) groups excluding carboxylic acids is 4. The number of nitrogens with one attached hydrogen (secondary N) is 4. The molecule has 9 rings (SSSR count). The number of amides is 4. The molecule has 0 saturated carbocycles. The summed E-state index contributed by atoms with van der Waals surface area (Å²) in [6, 6.07) is 14.0. The Morgan fingerprint density at radius 1 is 0.714 bits per heavy atom. The first-order valence-corrected chi connectivity index (χ1v) is 21.4. The number of methoxy groups -OCH3 is 2. The van der Waals surface area contributed by atoms with Crippen molar-refractivity contribution in [2.75, 3.05) is 40.5 Å². The number of aromatic nitrogens is 4. The van der Waals surface area contributed by atoms with Crippen LogP contribution in [0.3, 0.4) is 0 Å². The number of rotatable bonds is 11. The number of H-pyrrole nitrogens is 2. The Balaban J connectivity index is 0.965. The predicted molar refractivity (Wildman–Crippen MR) is 231 cm³/mol. The second kappa shape index (κ2) is 16.7. The highest BCUT2D eigenvalue weighted by atomic mass is 16.7. The molecule has 2 bridgehead atoms. The lowest BCUT2D eigenvalue weighted by Crippen LogP contribution is -2.52. The zero-order chi connectivity index (χ0) is 44.2. The molecular formula is C46H52N8O9. The number of likely N-dealkylation sites (tertiary alicyclic amines) is 2. The lowest BCUT2D eigenvalue weighted by atomic mass is 9.93. The van der Waals surface area contributed by atoms with E-state index in [1.165, 1.54) is 14.2 Å². The zero-order valence-corrected chi connectivity index (χ0v) is 36.2. The monoisotopic (exact) mass is 860 g/mol. The lowest BCUT2D eigenvalue weighted by molar-refractivity contribution is -0.153. The number of aromatic amines is 2. The van der Waals surface area contributed by atoms with Crippen LogP contribution >= 0.6 is 0 Å². The molecule has 4 N–H and O–H groups in total. The van der Waals surface area contributed by atoms with E-state index in [0.717, 1.165) is 68.4 Å². The van der Waals surface area contributed by atoms with E-state index in [4.69, 9.17) is 33.3 Å². The van der Waals surface area contributed by atoms with E-state index in [9.17, 15) is 19.2 Å². The van der Waals surface area contributed by atoms with Crippen LogP contribution in [0.1, 0.15) is 70.7 Å². The van der Waals surface area contributed by atoms with Gasteiger partial charge in [-0.2, -0.15) is 0 Å². The van der Waals surface area contributed by atoms with Gasteiger partial charge >= 0.3 is 12.2 Å². The summed E-state index contributed by atoms with van der Waals surface area (Å²) in [5.74, 6) is -0.450. The van der Waals surface area contributed by atoms with Gasteiger partial charge in [-0.15, -0.1) is 0 Å². The van der Waals surface area contributed by atoms with Gasteiger partial charge in [0.2, 0.25) is 11.8 Å². The van der Waals surface area contributed by atoms with Gasteiger partial charge in [0.15, 0.2) is 5.79 Å². The van der Waals surface area contributed by atoms with Crippen LogP contribution in [0.4, 0.5) is 9.59 Å². The molecule has 3 saturated heterocycles. The van der Waals surface area contributed by atoms with Gasteiger partial charge in [-0.3, -0.25) is 9.59 Å². The third-order valence-corrected chi connectivity index (χ3v) is 12.6. The number of benzene rings is 3. The van der Waals surface area contributed by atoms with Gasteiger partial charge in [-0.25, -0.2) is 19.6 Å². The molecule has 17 heteroatoms. The van der Waals surface area contributed by atoms with Gasteiger partial charge in [0, 0.05) is 29.3 Å². The van der Waals surface area contributed by atoms with Crippen molar-refractivity contribution in [1.29, 1.82) is 0 Å². The summed E-state index contributed by atoms with van der Waals surface area (Å²) >= 11 is 0. The maximum atomic E-state index is 14.1. The molecule has 17 nitrogen and oxygen atoms in total. The third-order valence-electron chi connectivity index (χ3n) is 12.6. The Kier molecular flexibility index (Phi) is 11.1. The summed E-state index contributed by atoms with van der Waals surface area (Å²) in [5, 5.41) is 7.36. The van der Waals surface area contributed by atoms with E-state index >= 15 is 0 Å². The van der Waals surface area contributed by atoms with E-state index in [1.807, 2.05) is 58.2 Å². The first kappa shape index (κ1) is 41.9. The normalized spacial score (nSPS) is 19.5. The van der Waals surface area contributed by atoms with E-state index in [-0.39, 0.29) is 36.2 Å². The Labute approximate surface area is 363 Å². The highest BCUT2D eigenvalue weighted by Gasteiger charge is 2.53. The van der Waals surface area contributed by atoms with Crippen molar-refractivity contribution in [2.45, 2.75) is 76.9 Å². The summed E-state index contributed by atoms with van der Waals surface area (Å²) in [4.78, 5) is 72.1. The number of hydrogen-bond acceptors (Lipinski definition) is 11. The van der Waals surface area contributed by atoms with Gasteiger partial charge in [0.25, 0.3) is 0 Å². The maximum Gasteiger partial charge on any atom is 0.407 e. The molecule has 2 aromatic carbocycles. The molecule has 0 unspecified atom stereocenters. The summed E-state index contributed by atoms with van der Waals surface area (Å²) < 4.78 is 28.0. The van der Waals surface area contributed by atoms with E-state index in [0.29, 0.717) is 37.8 Å². The SMILES string of the molecule is COC(=O)N[C@H](C(=O)N1CC2(C[C@H]1c1ncc(-c3ccc(-c4ccc(-c5cnc([C@@H]6CCCN6C(=O)[C@@H](NC(=O)OC)C(C)C)[nH]5)c5c6ccc(o6)c45)cc3)[nH]1)OCCO2)C(C)C. The van der Waals surface area contributed by atoms with Crippen LogP contribution < -0.4 is 10.6 Å². The molecule has 1 spiro atoms. The average Bonchev–Trinajstić information content (AvgIpc) is 4.15. The van der Waals surface area contributed by atoms with Crippen LogP contribution in [0.25, 0.3) is 55.6 Å². The summed E-state index contributed by atoms with van der Waals surface area (Å²) in [6.07, 6.45) is 4.20. The first-order valence-electron chi connectivity index (χ1n) is 21.4. The number of alkyl carbamates (subject to hydrolysis) is 2. The zero-order valence-electron chi connectivity index (χ0n) is 36.2. The quantitative estimate of drug-likeness (QED) is 0.105. The van der Waals surface area contributed by atoms with Crippen molar-refractivity contribution >= 4 is 45.9 Å². The number of carbonyl (C=O) groups is 4. The number of hydrogen-bond donors (Lipinski definition) is 4. The highest BCUT2D eigenvalue weighted by Crippen LogP contribution is 2.45. The number of furan rings is 2. The predicted octanol–water partition coefficient (Wildman–Crippen LogP) is 6.91. The molecule has 4 aromatic heterocycles. The number of imidazole rings is 2. The molecule has 3 aliphatic heterocycles. The van der Waals surface area contributed by atoms with Crippen LogP contribution in [0.5, 0.6) is 0 Å². The largest absolute Gasteiger partial charge is 0.456 e. The maximum absolute atomic E-state index is 14.1. The molecule has 6 aromatic rings. The first-order chi connectivity index (χ1) is 30.4. The number of nitrogens with zero attached hydrogens (tertiary/aromatic N) is 4. The summed E-state index contributed by atoms with van der Waals surface area (Å²) in [7, 11) is 2.56. The Morgan fingerprint density at radius 2 is 1.25 bits per heavy atom. The van der Waals surface area contributed by atoms with Gasteiger partial charge in [-0.05, 0) is 53.5 Å². The minimum absolute atomic E-state index is 0.135. The van der Waals surface area contributed by atoms with Crippen molar-refractivity contribution in [3.63, 3.8) is 0 Å². The Bertz CT molecular complexity index is 2640. The highest BCUT2D eigenvalue weighted by molar-refractivity contribution is 6.19. The molecule has 330 valence electrons. The van der Waals surface area contributed by atoms with Crippen LogP contribution in [0.15, 0.2) is 65.3 Å². The van der Waals surface area contributed by atoms with Crippen molar-refractivity contribution in [2.24, 2.45) is 11.8 Å². The van der Waals surface area contributed by atoms with Gasteiger partial charge < -0.3 is 53.8 Å². The Hall–Kier alpha value is -6.46. The fourth-order valence-electron chi connectivity index (χ4n) is 9.40. The second-order valence-corrected chi connectivity index (χ2v) is 17.2. The molecule has 7 heterocycles. The van der Waals surface area contributed by atoms with Crippen LogP contribution in [-0.2, 0) is 28.5 Å². The Morgan fingerprint density at radius 3 is 1.87 bits per heavy atom. The minimum atomic E-state index is -0.952. The van der Waals surface area contributed by atoms with Gasteiger partial charge in [0.05, 0.1) is 69.8 Å². The van der Waals surface area contributed by atoms with E-state index in [2.05, 4.69) is 44.9 Å². The van der Waals surface area contributed by atoms with Crippen molar-refractivity contribution in [3.8, 4) is 33.6 Å². The van der Waals surface area contributed by atoms with Crippen LogP contribution in [-0.4, -0.2) is 112 Å². The van der Waals surface area contributed by atoms with E-state index < -0.39 is 36.1 Å². The standard InChI is InChI=1S/C46H52N8O9/c1-24(2)38(51-44(57)59-5)42(55)53-17-7-8-32(53)40-48-22-31(50-40)29-14-13-28(36-34-15-16-35(63-34)37(29)36)26-9-11-27(12-10-26)30-21-47-41(49-30)33-20-46(61-18-19-62-46)23-54(33)43(56)39(25(3)4)52-45(58)60-6/h9-16,21-22,24-25,32-33,38-39H,7-8,17-20,23H2,1-6H3,(H,47,49)(H,48,50)(H,51,57)(H,52,58)/t32-,33-,38-,39-/m0/s1. The molecule has 4 amide bonds. The third kappa shape index (κ3) is 7.62. The van der Waals surface area contributed by atoms with Crippen molar-refractivity contribution < 1.29 is 42.5 Å². The van der Waals surface area contributed by atoms with Crippen LogP contribution in [0.2, 0.25) is 0 Å². The smallest absolute Gasteiger partial charge is 0.407 e. The van der Waals surface area contributed by atoms with Crippen LogP contribution in [0, 0.1) is 11.8 Å². The summed E-state index contributed by atoms with van der Waals surface area (Å²) in [5.41, 5.74) is 6.95. The fraction of sp³-hybridized carbons (Fsp3) is 0.435. The number of fused-ring (bicyclic) bond motifs is 5. The number of ether oxygens (including phenoxy) is 4. The molecule has 0 aliphatic carbocycles.